The van der Waals surface area contributed by atoms with Gasteiger partial charge in [-0.2, -0.15) is 9.78 Å². The molecule has 0 amide bonds. The van der Waals surface area contributed by atoms with Crippen molar-refractivity contribution in [1.82, 2.24) is 19.7 Å². The maximum atomic E-state index is 11.6. The van der Waals surface area contributed by atoms with Gasteiger partial charge >= 0.3 is 5.97 Å². The van der Waals surface area contributed by atoms with Gasteiger partial charge in [-0.05, 0) is 78.6 Å². The Morgan fingerprint density at radius 2 is 2.00 bits per heavy atom. The minimum atomic E-state index is -1.11. The Hall–Kier alpha value is -4.21. The number of benzene rings is 2. The van der Waals surface area contributed by atoms with Crippen LogP contribution in [0.1, 0.15) is 44.6 Å². The van der Waals surface area contributed by atoms with Crippen LogP contribution < -0.4 is 9.47 Å². The van der Waals surface area contributed by atoms with E-state index in [0.717, 1.165) is 56.1 Å². The summed E-state index contributed by atoms with van der Waals surface area (Å²) in [5, 5.41) is 13.7. The van der Waals surface area contributed by atoms with E-state index in [1.807, 2.05) is 37.3 Å². The number of nitrogens with zero attached hydrogens (tertiary/aromatic N) is 4. The zero-order chi connectivity index (χ0) is 29.2. The van der Waals surface area contributed by atoms with Crippen molar-refractivity contribution >= 4 is 5.97 Å². The molecule has 1 N–H and O–H groups in total. The number of fused-ring (bicyclic) bond motifs is 1. The second kappa shape index (κ2) is 12.0. The molecule has 0 bridgehead atoms. The molecule has 9 nitrogen and oxygen atoms in total. The first kappa shape index (κ1) is 27.9. The molecule has 1 unspecified atom stereocenters. The van der Waals surface area contributed by atoms with Gasteiger partial charge in [0.15, 0.2) is 5.82 Å². The predicted molar refractivity (Wildman–Crippen MR) is 158 cm³/mol. The molecule has 0 radical (unpaired) electrons. The Bertz CT molecular complexity index is 1610. The number of aryl methyl sites for hydroxylation is 1. The zero-order valence-electron chi connectivity index (χ0n) is 24.3. The number of carboxylic acids is 1. The van der Waals surface area contributed by atoms with Gasteiger partial charge in [0.25, 0.3) is 0 Å². The lowest BCUT2D eigenvalue weighted by Crippen LogP contribution is -2.35. The molecule has 0 aliphatic carbocycles. The molecule has 2 aromatic heterocycles. The molecule has 1 atom stereocenters. The molecule has 0 saturated carbocycles. The van der Waals surface area contributed by atoms with Crippen LogP contribution in [0, 0.1) is 19.8 Å². The van der Waals surface area contributed by atoms with Crippen molar-refractivity contribution in [2.75, 3.05) is 33.4 Å². The van der Waals surface area contributed by atoms with Gasteiger partial charge in [0.2, 0.25) is 5.88 Å². The molecule has 4 heterocycles. The molecular formula is C33H36N4O5. The van der Waals surface area contributed by atoms with Crippen LogP contribution in [0.2, 0.25) is 0 Å². The summed E-state index contributed by atoms with van der Waals surface area (Å²) >= 11 is 0. The predicted octanol–water partition coefficient (Wildman–Crippen LogP) is 5.23. The number of hydrogen-bond donors (Lipinski definition) is 1. The molecule has 218 valence electrons. The summed E-state index contributed by atoms with van der Waals surface area (Å²) in [6, 6.07) is 16.0. The van der Waals surface area contributed by atoms with Crippen LogP contribution in [-0.4, -0.2) is 64.2 Å². The average Bonchev–Trinajstić information content (AvgIpc) is 3.67. The van der Waals surface area contributed by atoms with Crippen molar-refractivity contribution in [2.45, 2.75) is 39.8 Å². The highest BCUT2D eigenvalue weighted by Gasteiger charge is 2.24. The molecule has 2 aromatic carbocycles. The first-order valence-corrected chi connectivity index (χ1v) is 14.4. The Morgan fingerprint density at radius 3 is 2.79 bits per heavy atom. The van der Waals surface area contributed by atoms with E-state index in [-0.39, 0.29) is 11.4 Å². The van der Waals surface area contributed by atoms with Gasteiger partial charge < -0.3 is 19.3 Å². The summed E-state index contributed by atoms with van der Waals surface area (Å²) in [6.07, 6.45) is 3.48. The SMILES string of the molecule is COc1c(C(=O)O)cnn1-c1cccc(-c2cccc(C)c2OCc2ccc3c(c2C)CCN(CC2CCOC2)C3)n1. The third-order valence-electron chi connectivity index (χ3n) is 8.38. The lowest BCUT2D eigenvalue weighted by Gasteiger charge is -2.32. The zero-order valence-corrected chi connectivity index (χ0v) is 24.3. The van der Waals surface area contributed by atoms with Gasteiger partial charge in [0.05, 0.1) is 25.6 Å². The molecule has 2 aliphatic rings. The standard InChI is InChI=1S/C33H36N4O5/c1-21-6-4-7-27(29-8-5-9-30(35-29)37-32(40-3)28(16-34-37)33(38)39)31(21)42-20-25-11-10-24-18-36(14-12-26(24)22(25)2)17-23-13-15-41-19-23/h4-11,16,23H,12-15,17-20H2,1-3H3,(H,38,39). The topological polar surface area (TPSA) is 98.9 Å². The Kier molecular flexibility index (Phi) is 7.95. The van der Waals surface area contributed by atoms with Crippen molar-refractivity contribution in [3.63, 3.8) is 0 Å². The van der Waals surface area contributed by atoms with E-state index in [4.69, 9.17) is 19.2 Å². The number of para-hydroxylation sites is 1. The number of carbonyl (C=O) groups is 1. The van der Waals surface area contributed by atoms with Crippen LogP contribution in [0.3, 0.4) is 0 Å². The Balaban J connectivity index is 1.23. The largest absolute Gasteiger partial charge is 0.488 e. The Labute approximate surface area is 245 Å². The molecule has 0 spiro atoms. The summed E-state index contributed by atoms with van der Waals surface area (Å²) in [5.74, 6) is 0.874. The monoisotopic (exact) mass is 568 g/mol. The van der Waals surface area contributed by atoms with E-state index in [9.17, 15) is 9.90 Å². The van der Waals surface area contributed by atoms with Crippen molar-refractivity contribution in [2.24, 2.45) is 5.92 Å². The smallest absolute Gasteiger partial charge is 0.342 e. The fourth-order valence-electron chi connectivity index (χ4n) is 6.08. The normalized spacial score (nSPS) is 16.8. The summed E-state index contributed by atoms with van der Waals surface area (Å²) in [5.41, 5.74) is 7.88. The Morgan fingerprint density at radius 1 is 1.14 bits per heavy atom. The minimum absolute atomic E-state index is 0.0270. The maximum Gasteiger partial charge on any atom is 0.342 e. The molecule has 1 saturated heterocycles. The summed E-state index contributed by atoms with van der Waals surface area (Å²) < 4.78 is 18.8. The number of pyridine rings is 1. The van der Waals surface area contributed by atoms with E-state index in [1.165, 1.54) is 46.7 Å². The van der Waals surface area contributed by atoms with Gasteiger partial charge in [-0.1, -0.05) is 30.3 Å². The molecule has 9 heteroatoms. The molecule has 1 fully saturated rings. The maximum absolute atomic E-state index is 11.6. The first-order valence-electron chi connectivity index (χ1n) is 14.4. The van der Waals surface area contributed by atoms with E-state index in [1.54, 1.807) is 6.07 Å². The lowest BCUT2D eigenvalue weighted by molar-refractivity contribution is 0.0693. The highest BCUT2D eigenvalue weighted by atomic mass is 16.5. The van der Waals surface area contributed by atoms with Crippen molar-refractivity contribution in [3.8, 4) is 28.7 Å². The number of ether oxygens (including phenoxy) is 3. The van der Waals surface area contributed by atoms with Crippen LogP contribution in [0.5, 0.6) is 11.6 Å². The van der Waals surface area contributed by atoms with Gasteiger partial charge in [-0.3, -0.25) is 4.90 Å². The van der Waals surface area contributed by atoms with E-state index in [0.29, 0.717) is 24.0 Å². The number of carboxylic acid groups (broad SMARTS) is 1. The van der Waals surface area contributed by atoms with Crippen LogP contribution in [0.15, 0.2) is 54.7 Å². The molecule has 4 aromatic rings. The highest BCUT2D eigenvalue weighted by molar-refractivity contribution is 5.90. The number of rotatable bonds is 9. The van der Waals surface area contributed by atoms with E-state index >= 15 is 0 Å². The number of methoxy groups -OCH3 is 1. The van der Waals surface area contributed by atoms with Gasteiger partial charge in [-0.15, -0.1) is 0 Å². The number of aromatic nitrogens is 3. The number of hydrogen-bond acceptors (Lipinski definition) is 7. The van der Waals surface area contributed by atoms with Crippen LogP contribution in [0.4, 0.5) is 0 Å². The van der Waals surface area contributed by atoms with Crippen molar-refractivity contribution in [1.29, 1.82) is 0 Å². The van der Waals surface area contributed by atoms with Gasteiger partial charge in [-0.25, -0.2) is 9.78 Å². The molecule has 42 heavy (non-hydrogen) atoms. The van der Waals surface area contributed by atoms with Crippen LogP contribution >= 0.6 is 0 Å². The van der Waals surface area contributed by atoms with Crippen LogP contribution in [0.25, 0.3) is 17.1 Å². The summed E-state index contributed by atoms with van der Waals surface area (Å²) in [4.78, 5) is 19.0. The third-order valence-corrected chi connectivity index (χ3v) is 8.38. The second-order valence-corrected chi connectivity index (χ2v) is 11.1. The first-order chi connectivity index (χ1) is 20.4. The average molecular weight is 569 g/mol. The fraction of sp³-hybridized carbons (Fsp3) is 0.364. The van der Waals surface area contributed by atoms with Crippen molar-refractivity contribution < 1.29 is 24.1 Å². The highest BCUT2D eigenvalue weighted by Crippen LogP contribution is 2.34. The fourth-order valence-corrected chi connectivity index (χ4v) is 6.08. The van der Waals surface area contributed by atoms with Crippen LogP contribution in [-0.2, 0) is 24.3 Å². The third kappa shape index (κ3) is 5.49. The summed E-state index contributed by atoms with van der Waals surface area (Å²) in [6.45, 7) is 9.67. The molecular weight excluding hydrogens is 532 g/mol. The van der Waals surface area contributed by atoms with Gasteiger partial charge in [0.1, 0.15) is 17.9 Å². The number of aromatic carboxylic acids is 1. The molecule has 2 aliphatic heterocycles. The summed E-state index contributed by atoms with van der Waals surface area (Å²) in [7, 11) is 1.42. The lowest BCUT2D eigenvalue weighted by atomic mass is 9.91. The second-order valence-electron chi connectivity index (χ2n) is 11.1. The minimum Gasteiger partial charge on any atom is -0.488 e. The van der Waals surface area contributed by atoms with E-state index in [2.05, 4.69) is 29.1 Å². The van der Waals surface area contributed by atoms with Crippen molar-refractivity contribution in [3.05, 3.63) is 88.1 Å². The quantitative estimate of drug-likeness (QED) is 0.293. The molecule has 6 rings (SSSR count). The van der Waals surface area contributed by atoms with E-state index < -0.39 is 5.97 Å². The van der Waals surface area contributed by atoms with Gasteiger partial charge in [0, 0.05) is 31.8 Å².